The number of nitrogens with one attached hydrogen (secondary N) is 1. The Morgan fingerprint density at radius 3 is 2.55 bits per heavy atom. The zero-order chi connectivity index (χ0) is 15.9. The Hall–Kier alpha value is -1.31. The standard InChI is InChI=1S/C14H20F3N3O2/c15-14(16,17)10-2-1-3-19(8-10)13(22)9-4-12(21)20(7-9)11-5-18-6-11/h9-11,18H,1-8H2. The van der Waals surface area contributed by atoms with E-state index in [0.717, 1.165) is 13.1 Å². The summed E-state index contributed by atoms with van der Waals surface area (Å²) in [5, 5.41) is 3.07. The van der Waals surface area contributed by atoms with Gasteiger partial charge in [0.25, 0.3) is 0 Å². The van der Waals surface area contributed by atoms with Gasteiger partial charge in [-0.1, -0.05) is 0 Å². The molecular weight excluding hydrogens is 299 g/mol. The molecule has 0 aromatic carbocycles. The summed E-state index contributed by atoms with van der Waals surface area (Å²) in [4.78, 5) is 27.4. The number of likely N-dealkylation sites (tertiary alicyclic amines) is 2. The van der Waals surface area contributed by atoms with Crippen LogP contribution in [0.25, 0.3) is 0 Å². The van der Waals surface area contributed by atoms with Crippen molar-refractivity contribution in [2.75, 3.05) is 32.7 Å². The maximum absolute atomic E-state index is 12.8. The molecule has 0 bridgehead atoms. The number of alkyl halides is 3. The summed E-state index contributed by atoms with van der Waals surface area (Å²) in [6, 6.07) is 0.134. The van der Waals surface area contributed by atoms with Crippen LogP contribution in [0.1, 0.15) is 19.3 Å². The van der Waals surface area contributed by atoms with E-state index in [1.807, 2.05) is 0 Å². The Morgan fingerprint density at radius 2 is 1.95 bits per heavy atom. The molecule has 3 rings (SSSR count). The van der Waals surface area contributed by atoms with Crippen molar-refractivity contribution in [1.82, 2.24) is 15.1 Å². The van der Waals surface area contributed by atoms with Gasteiger partial charge in [-0.2, -0.15) is 13.2 Å². The normalized spacial score (nSPS) is 30.6. The zero-order valence-electron chi connectivity index (χ0n) is 12.2. The van der Waals surface area contributed by atoms with E-state index < -0.39 is 18.0 Å². The van der Waals surface area contributed by atoms with Crippen LogP contribution < -0.4 is 5.32 Å². The van der Waals surface area contributed by atoms with Gasteiger partial charge >= 0.3 is 6.18 Å². The van der Waals surface area contributed by atoms with Crippen molar-refractivity contribution in [2.24, 2.45) is 11.8 Å². The maximum atomic E-state index is 12.8. The van der Waals surface area contributed by atoms with Crippen molar-refractivity contribution in [1.29, 1.82) is 0 Å². The Bertz CT molecular complexity index is 465. The smallest absolute Gasteiger partial charge is 0.342 e. The van der Waals surface area contributed by atoms with Gasteiger partial charge in [0, 0.05) is 39.1 Å². The van der Waals surface area contributed by atoms with Gasteiger partial charge in [0.15, 0.2) is 0 Å². The number of nitrogens with zero attached hydrogens (tertiary/aromatic N) is 2. The number of carbonyl (C=O) groups is 2. The Morgan fingerprint density at radius 1 is 1.23 bits per heavy atom. The Labute approximate surface area is 126 Å². The third kappa shape index (κ3) is 2.93. The quantitative estimate of drug-likeness (QED) is 0.811. The molecule has 5 nitrogen and oxygen atoms in total. The monoisotopic (exact) mass is 319 g/mol. The van der Waals surface area contributed by atoms with Crippen LogP contribution in [0.5, 0.6) is 0 Å². The van der Waals surface area contributed by atoms with Gasteiger partial charge < -0.3 is 15.1 Å². The first-order valence-electron chi connectivity index (χ1n) is 7.72. The van der Waals surface area contributed by atoms with E-state index in [1.165, 1.54) is 4.90 Å². The van der Waals surface area contributed by atoms with E-state index in [2.05, 4.69) is 5.32 Å². The largest absolute Gasteiger partial charge is 0.393 e. The van der Waals surface area contributed by atoms with Crippen LogP contribution in [0.4, 0.5) is 13.2 Å². The molecule has 3 aliphatic heterocycles. The lowest BCUT2D eigenvalue weighted by atomic mass is 9.96. The van der Waals surface area contributed by atoms with Crippen molar-refractivity contribution >= 4 is 11.8 Å². The molecule has 3 fully saturated rings. The fourth-order valence-electron chi connectivity index (χ4n) is 3.45. The Balaban J connectivity index is 1.60. The average Bonchev–Trinajstić information content (AvgIpc) is 2.77. The first kappa shape index (κ1) is 15.6. The second-order valence-corrected chi connectivity index (χ2v) is 6.42. The van der Waals surface area contributed by atoms with Crippen molar-refractivity contribution in [3.8, 4) is 0 Å². The molecule has 124 valence electrons. The van der Waals surface area contributed by atoms with Gasteiger partial charge in [0.1, 0.15) is 0 Å². The van der Waals surface area contributed by atoms with Gasteiger partial charge in [-0.15, -0.1) is 0 Å². The minimum Gasteiger partial charge on any atom is -0.342 e. The van der Waals surface area contributed by atoms with E-state index >= 15 is 0 Å². The lowest BCUT2D eigenvalue weighted by Gasteiger charge is -2.37. The SMILES string of the molecule is O=C(C1CC(=O)N(C2CNC2)C1)N1CCCC(C(F)(F)F)C1. The molecule has 0 aromatic rings. The highest BCUT2D eigenvalue weighted by Gasteiger charge is 2.45. The van der Waals surface area contributed by atoms with E-state index in [4.69, 9.17) is 0 Å². The van der Waals surface area contributed by atoms with E-state index in [-0.39, 0.29) is 37.2 Å². The lowest BCUT2D eigenvalue weighted by Crippen LogP contribution is -2.57. The molecule has 8 heteroatoms. The lowest BCUT2D eigenvalue weighted by molar-refractivity contribution is -0.188. The third-order valence-electron chi connectivity index (χ3n) is 4.90. The summed E-state index contributed by atoms with van der Waals surface area (Å²) in [6.45, 7) is 1.90. The van der Waals surface area contributed by atoms with Gasteiger partial charge in [-0.3, -0.25) is 9.59 Å². The molecule has 0 saturated carbocycles. The summed E-state index contributed by atoms with van der Waals surface area (Å²) in [6.07, 6.45) is -3.68. The summed E-state index contributed by atoms with van der Waals surface area (Å²) in [5.41, 5.74) is 0. The second kappa shape index (κ2) is 5.72. The van der Waals surface area contributed by atoms with E-state index in [0.29, 0.717) is 19.5 Å². The van der Waals surface area contributed by atoms with Gasteiger partial charge in [0.2, 0.25) is 11.8 Å². The molecule has 3 heterocycles. The molecule has 0 spiro atoms. The van der Waals surface area contributed by atoms with Crippen molar-refractivity contribution in [3.63, 3.8) is 0 Å². The molecule has 1 N–H and O–H groups in total. The molecule has 2 amide bonds. The molecule has 3 aliphatic rings. The average molecular weight is 319 g/mol. The highest BCUT2D eigenvalue weighted by Crippen LogP contribution is 2.34. The fraction of sp³-hybridized carbons (Fsp3) is 0.857. The summed E-state index contributed by atoms with van der Waals surface area (Å²) < 4.78 is 38.5. The molecule has 2 unspecified atom stereocenters. The number of halogens is 3. The Kier molecular flexibility index (Phi) is 4.05. The highest BCUT2D eigenvalue weighted by atomic mass is 19.4. The maximum Gasteiger partial charge on any atom is 0.393 e. The number of hydrogen-bond acceptors (Lipinski definition) is 3. The third-order valence-corrected chi connectivity index (χ3v) is 4.90. The molecule has 2 atom stereocenters. The summed E-state index contributed by atoms with van der Waals surface area (Å²) in [7, 11) is 0. The molecule has 22 heavy (non-hydrogen) atoms. The van der Waals surface area contributed by atoms with Crippen LogP contribution in [0, 0.1) is 11.8 Å². The zero-order valence-corrected chi connectivity index (χ0v) is 12.2. The van der Waals surface area contributed by atoms with Gasteiger partial charge in [-0.25, -0.2) is 0 Å². The van der Waals surface area contributed by atoms with Crippen molar-refractivity contribution in [3.05, 3.63) is 0 Å². The second-order valence-electron chi connectivity index (χ2n) is 6.42. The predicted octanol–water partition coefficient (Wildman–Crippen LogP) is 0.608. The summed E-state index contributed by atoms with van der Waals surface area (Å²) in [5.74, 6) is -2.28. The summed E-state index contributed by atoms with van der Waals surface area (Å²) >= 11 is 0. The molecular formula is C14H20F3N3O2. The minimum absolute atomic E-state index is 0.0609. The van der Waals surface area contributed by atoms with Crippen LogP contribution in [-0.4, -0.2) is 66.6 Å². The number of amides is 2. The molecule has 0 aromatic heterocycles. The van der Waals surface area contributed by atoms with Gasteiger partial charge in [0.05, 0.1) is 17.9 Å². The minimum atomic E-state index is -4.26. The van der Waals surface area contributed by atoms with Crippen LogP contribution in [0.3, 0.4) is 0 Å². The number of carbonyl (C=O) groups excluding carboxylic acids is 2. The molecule has 0 aliphatic carbocycles. The number of rotatable bonds is 2. The van der Waals surface area contributed by atoms with E-state index in [9.17, 15) is 22.8 Å². The van der Waals surface area contributed by atoms with Crippen molar-refractivity contribution in [2.45, 2.75) is 31.5 Å². The molecule has 3 saturated heterocycles. The molecule has 0 radical (unpaired) electrons. The first-order chi connectivity index (χ1) is 10.4. The van der Waals surface area contributed by atoms with Crippen LogP contribution in [-0.2, 0) is 9.59 Å². The highest BCUT2D eigenvalue weighted by molar-refractivity contribution is 5.89. The van der Waals surface area contributed by atoms with Crippen molar-refractivity contribution < 1.29 is 22.8 Å². The number of piperidine rings is 1. The fourth-order valence-corrected chi connectivity index (χ4v) is 3.45. The van der Waals surface area contributed by atoms with Crippen LogP contribution in [0.2, 0.25) is 0 Å². The van der Waals surface area contributed by atoms with E-state index in [1.54, 1.807) is 4.90 Å². The van der Waals surface area contributed by atoms with Crippen LogP contribution >= 0.6 is 0 Å². The van der Waals surface area contributed by atoms with Gasteiger partial charge in [-0.05, 0) is 12.8 Å². The van der Waals surface area contributed by atoms with Crippen LogP contribution in [0.15, 0.2) is 0 Å². The number of hydrogen-bond donors (Lipinski definition) is 1. The first-order valence-corrected chi connectivity index (χ1v) is 7.72. The predicted molar refractivity (Wildman–Crippen MR) is 71.8 cm³/mol. The topological polar surface area (TPSA) is 52.7 Å².